The Morgan fingerprint density at radius 2 is 2.40 bits per heavy atom. The maximum absolute atomic E-state index is 12.0. The van der Waals surface area contributed by atoms with E-state index in [1.165, 1.54) is 0 Å². The third kappa shape index (κ3) is 1.55. The zero-order chi connectivity index (χ0) is 10.9. The number of carbonyl (C=O) groups is 1. The van der Waals surface area contributed by atoms with Gasteiger partial charge in [-0.3, -0.25) is 4.79 Å². The van der Waals surface area contributed by atoms with E-state index < -0.39 is 5.60 Å². The molecule has 3 atom stereocenters. The molecule has 0 saturated heterocycles. The second-order valence-corrected chi connectivity index (χ2v) is 4.74. The molecular formula is C13H20O2. The standard InChI is InChI=1S/C13H20O2/c1-3-4-9-15-13-8-6-5-7-11(13)10(2)12(13)14/h5,7,10-11H,3-4,6,8-9H2,1-2H3. The first-order valence-corrected chi connectivity index (χ1v) is 6.07. The number of ether oxygens (including phenoxy) is 1. The Morgan fingerprint density at radius 3 is 3.13 bits per heavy atom. The molecule has 0 bridgehead atoms. The van der Waals surface area contributed by atoms with Gasteiger partial charge >= 0.3 is 0 Å². The largest absolute Gasteiger partial charge is 0.367 e. The zero-order valence-corrected chi connectivity index (χ0v) is 9.66. The molecule has 2 nitrogen and oxygen atoms in total. The SMILES string of the molecule is CCCCOC12CCC=CC1C(C)C2=O. The van der Waals surface area contributed by atoms with Crippen molar-refractivity contribution >= 4 is 5.78 Å². The van der Waals surface area contributed by atoms with Crippen LogP contribution in [0, 0.1) is 11.8 Å². The van der Waals surface area contributed by atoms with E-state index in [0.29, 0.717) is 11.7 Å². The van der Waals surface area contributed by atoms with Crippen LogP contribution in [0.5, 0.6) is 0 Å². The van der Waals surface area contributed by atoms with Gasteiger partial charge in [-0.25, -0.2) is 0 Å². The van der Waals surface area contributed by atoms with E-state index in [9.17, 15) is 4.79 Å². The summed E-state index contributed by atoms with van der Waals surface area (Å²) < 4.78 is 5.89. The van der Waals surface area contributed by atoms with E-state index in [4.69, 9.17) is 4.74 Å². The minimum absolute atomic E-state index is 0.170. The molecule has 0 amide bonds. The van der Waals surface area contributed by atoms with Gasteiger partial charge in [0.1, 0.15) is 5.60 Å². The van der Waals surface area contributed by atoms with E-state index >= 15 is 0 Å². The minimum Gasteiger partial charge on any atom is -0.367 e. The lowest BCUT2D eigenvalue weighted by Gasteiger charge is -2.52. The van der Waals surface area contributed by atoms with Crippen molar-refractivity contribution in [2.45, 2.75) is 45.1 Å². The number of Topliss-reactive ketones (excluding diaryl/α,β-unsaturated/α-hetero) is 1. The lowest BCUT2D eigenvalue weighted by molar-refractivity contribution is -0.185. The molecule has 0 aliphatic heterocycles. The lowest BCUT2D eigenvalue weighted by Crippen LogP contribution is -2.64. The minimum atomic E-state index is -0.427. The summed E-state index contributed by atoms with van der Waals surface area (Å²) in [7, 11) is 0. The van der Waals surface area contributed by atoms with Crippen molar-refractivity contribution in [2.24, 2.45) is 11.8 Å². The van der Waals surface area contributed by atoms with Gasteiger partial charge in [0.2, 0.25) is 0 Å². The molecule has 2 heteroatoms. The molecule has 1 fully saturated rings. The number of hydrogen-bond donors (Lipinski definition) is 0. The Morgan fingerprint density at radius 1 is 1.60 bits per heavy atom. The van der Waals surface area contributed by atoms with Gasteiger partial charge in [-0.05, 0) is 19.3 Å². The molecule has 0 aromatic rings. The van der Waals surface area contributed by atoms with E-state index in [1.807, 2.05) is 6.92 Å². The monoisotopic (exact) mass is 208 g/mol. The molecular weight excluding hydrogens is 188 g/mol. The fourth-order valence-electron chi connectivity index (χ4n) is 2.81. The third-order valence-corrected chi connectivity index (χ3v) is 3.79. The van der Waals surface area contributed by atoms with Crippen molar-refractivity contribution in [2.75, 3.05) is 6.61 Å². The highest BCUT2D eigenvalue weighted by Crippen LogP contribution is 2.49. The summed E-state index contributed by atoms with van der Waals surface area (Å²) in [5.41, 5.74) is -0.427. The highest BCUT2D eigenvalue weighted by Gasteiger charge is 2.60. The van der Waals surface area contributed by atoms with Gasteiger partial charge in [-0.2, -0.15) is 0 Å². The molecule has 2 aliphatic rings. The molecule has 0 radical (unpaired) electrons. The topological polar surface area (TPSA) is 26.3 Å². The first kappa shape index (κ1) is 10.9. The fourth-order valence-corrected chi connectivity index (χ4v) is 2.81. The van der Waals surface area contributed by atoms with Crippen LogP contribution in [0.25, 0.3) is 0 Å². The van der Waals surface area contributed by atoms with Crippen LogP contribution >= 0.6 is 0 Å². The molecule has 2 rings (SSSR count). The molecule has 0 aromatic carbocycles. The van der Waals surface area contributed by atoms with Crippen molar-refractivity contribution < 1.29 is 9.53 Å². The van der Waals surface area contributed by atoms with Gasteiger partial charge in [0.25, 0.3) is 0 Å². The molecule has 0 aromatic heterocycles. The molecule has 15 heavy (non-hydrogen) atoms. The number of allylic oxidation sites excluding steroid dienone is 1. The van der Waals surface area contributed by atoms with Crippen LogP contribution in [0.2, 0.25) is 0 Å². The van der Waals surface area contributed by atoms with Crippen LogP contribution in [0.4, 0.5) is 0 Å². The summed E-state index contributed by atoms with van der Waals surface area (Å²) >= 11 is 0. The predicted molar refractivity (Wildman–Crippen MR) is 59.6 cm³/mol. The molecule has 84 valence electrons. The molecule has 1 saturated carbocycles. The first-order chi connectivity index (χ1) is 7.22. The number of hydrogen-bond acceptors (Lipinski definition) is 2. The van der Waals surface area contributed by atoms with Gasteiger partial charge in [0.15, 0.2) is 5.78 Å². The van der Waals surface area contributed by atoms with Gasteiger partial charge in [0.05, 0.1) is 0 Å². The summed E-state index contributed by atoms with van der Waals surface area (Å²) in [6.45, 7) is 4.90. The fraction of sp³-hybridized carbons (Fsp3) is 0.769. The van der Waals surface area contributed by atoms with Crippen molar-refractivity contribution in [1.29, 1.82) is 0 Å². The van der Waals surface area contributed by atoms with E-state index in [1.54, 1.807) is 0 Å². The smallest absolute Gasteiger partial charge is 0.168 e. The second-order valence-electron chi connectivity index (χ2n) is 4.74. The Kier molecular flexibility index (Phi) is 2.96. The van der Waals surface area contributed by atoms with Gasteiger partial charge < -0.3 is 4.74 Å². The van der Waals surface area contributed by atoms with Crippen LogP contribution < -0.4 is 0 Å². The van der Waals surface area contributed by atoms with Gasteiger partial charge in [-0.1, -0.05) is 32.4 Å². The summed E-state index contributed by atoms with van der Waals surface area (Å²) in [4.78, 5) is 12.0. The lowest BCUT2D eigenvalue weighted by atomic mass is 9.57. The number of fused-ring (bicyclic) bond motifs is 1. The number of carbonyl (C=O) groups excluding carboxylic acids is 1. The molecule has 2 aliphatic carbocycles. The molecule has 0 spiro atoms. The van der Waals surface area contributed by atoms with Crippen LogP contribution in [0.3, 0.4) is 0 Å². The van der Waals surface area contributed by atoms with E-state index in [-0.39, 0.29) is 5.92 Å². The third-order valence-electron chi connectivity index (χ3n) is 3.79. The summed E-state index contributed by atoms with van der Waals surface area (Å²) in [5.74, 6) is 0.840. The second kappa shape index (κ2) is 4.09. The van der Waals surface area contributed by atoms with Crippen molar-refractivity contribution in [1.82, 2.24) is 0 Å². The average Bonchev–Trinajstić information content (AvgIpc) is 2.28. The predicted octanol–water partition coefficient (Wildman–Crippen LogP) is 2.73. The van der Waals surface area contributed by atoms with Crippen LogP contribution in [-0.4, -0.2) is 18.0 Å². The quantitative estimate of drug-likeness (QED) is 0.524. The Labute approximate surface area is 91.7 Å². The van der Waals surface area contributed by atoms with Crippen molar-refractivity contribution in [3.05, 3.63) is 12.2 Å². The maximum atomic E-state index is 12.0. The molecule has 0 heterocycles. The van der Waals surface area contributed by atoms with Crippen molar-refractivity contribution in [3.8, 4) is 0 Å². The summed E-state index contributed by atoms with van der Waals surface area (Å²) in [5, 5.41) is 0. The van der Waals surface area contributed by atoms with Gasteiger partial charge in [0, 0.05) is 18.4 Å². The zero-order valence-electron chi connectivity index (χ0n) is 9.66. The van der Waals surface area contributed by atoms with E-state index in [0.717, 1.165) is 32.3 Å². The summed E-state index contributed by atoms with van der Waals surface area (Å²) in [6.07, 6.45) is 8.43. The Hall–Kier alpha value is -0.630. The van der Waals surface area contributed by atoms with E-state index in [2.05, 4.69) is 19.1 Å². The normalized spacial score (nSPS) is 38.7. The summed E-state index contributed by atoms with van der Waals surface area (Å²) in [6, 6.07) is 0. The van der Waals surface area contributed by atoms with Gasteiger partial charge in [-0.15, -0.1) is 0 Å². The number of unbranched alkanes of at least 4 members (excludes halogenated alkanes) is 1. The van der Waals surface area contributed by atoms with Crippen LogP contribution in [-0.2, 0) is 9.53 Å². The van der Waals surface area contributed by atoms with Crippen LogP contribution in [0.15, 0.2) is 12.2 Å². The Balaban J connectivity index is 2.04. The van der Waals surface area contributed by atoms with Crippen molar-refractivity contribution in [3.63, 3.8) is 0 Å². The highest BCUT2D eigenvalue weighted by atomic mass is 16.5. The maximum Gasteiger partial charge on any atom is 0.168 e. The molecule has 0 N–H and O–H groups in total. The molecule has 3 unspecified atom stereocenters. The number of ketones is 1. The number of rotatable bonds is 4. The highest BCUT2D eigenvalue weighted by molar-refractivity contribution is 5.97. The first-order valence-electron chi connectivity index (χ1n) is 6.07. The average molecular weight is 208 g/mol. The Bertz CT molecular complexity index is 282. The van der Waals surface area contributed by atoms with Crippen LogP contribution in [0.1, 0.15) is 39.5 Å².